The molecule has 0 aliphatic rings. The Kier molecular flexibility index (Phi) is 7.26. The molecule has 112 valence electrons. The van der Waals surface area contributed by atoms with Crippen molar-refractivity contribution in [2.24, 2.45) is 5.92 Å². The van der Waals surface area contributed by atoms with Gasteiger partial charge in [-0.3, -0.25) is 4.79 Å². The number of nitrogens with one attached hydrogen (secondary N) is 2. The number of carbonyl (C=O) groups is 1. The van der Waals surface area contributed by atoms with Gasteiger partial charge in [0.2, 0.25) is 5.91 Å². The number of rotatable bonds is 8. The molecule has 1 aromatic rings. The van der Waals surface area contributed by atoms with Crippen molar-refractivity contribution in [3.8, 4) is 0 Å². The minimum Gasteiger partial charge on any atom is -0.387 e. The van der Waals surface area contributed by atoms with Crippen molar-refractivity contribution in [1.29, 1.82) is 0 Å². The highest BCUT2D eigenvalue weighted by atomic mass is 16.3. The highest BCUT2D eigenvalue weighted by molar-refractivity contribution is 5.81. The summed E-state index contributed by atoms with van der Waals surface area (Å²) in [6, 6.07) is 9.13. The van der Waals surface area contributed by atoms with Gasteiger partial charge in [-0.15, -0.1) is 0 Å². The van der Waals surface area contributed by atoms with Crippen molar-refractivity contribution in [1.82, 2.24) is 10.6 Å². The monoisotopic (exact) mass is 278 g/mol. The summed E-state index contributed by atoms with van der Waals surface area (Å²) < 4.78 is 0. The van der Waals surface area contributed by atoms with Crippen molar-refractivity contribution < 1.29 is 9.90 Å². The van der Waals surface area contributed by atoms with Gasteiger partial charge in [-0.1, -0.05) is 44.2 Å². The molecule has 0 aliphatic carbocycles. The molecule has 1 aromatic carbocycles. The first-order chi connectivity index (χ1) is 9.50. The number of aliphatic hydroxyl groups is 1. The first-order valence-corrected chi connectivity index (χ1v) is 7.24. The molecule has 20 heavy (non-hydrogen) atoms. The molecule has 4 nitrogen and oxygen atoms in total. The van der Waals surface area contributed by atoms with Crippen LogP contribution in [0, 0.1) is 5.92 Å². The fourth-order valence-electron chi connectivity index (χ4n) is 1.81. The first kappa shape index (κ1) is 16.7. The Labute approximate surface area is 121 Å². The van der Waals surface area contributed by atoms with Gasteiger partial charge in [0, 0.05) is 13.1 Å². The first-order valence-electron chi connectivity index (χ1n) is 7.24. The van der Waals surface area contributed by atoms with Crippen LogP contribution >= 0.6 is 0 Å². The highest BCUT2D eigenvalue weighted by Crippen LogP contribution is 2.10. The summed E-state index contributed by atoms with van der Waals surface area (Å²) in [4.78, 5) is 11.8. The van der Waals surface area contributed by atoms with Crippen LogP contribution in [0.2, 0.25) is 0 Å². The zero-order chi connectivity index (χ0) is 15.0. The zero-order valence-electron chi connectivity index (χ0n) is 12.6. The Balaban J connectivity index is 2.28. The third kappa shape index (κ3) is 6.17. The van der Waals surface area contributed by atoms with E-state index in [1.165, 1.54) is 0 Å². The summed E-state index contributed by atoms with van der Waals surface area (Å²) in [7, 11) is 0. The maximum Gasteiger partial charge on any atom is 0.236 e. The molecule has 2 unspecified atom stereocenters. The fourth-order valence-corrected chi connectivity index (χ4v) is 1.81. The number of benzene rings is 1. The summed E-state index contributed by atoms with van der Waals surface area (Å²) in [6.07, 6.45) is 0.382. The summed E-state index contributed by atoms with van der Waals surface area (Å²) in [5, 5.41) is 16.0. The normalized spacial score (nSPS) is 14.1. The average molecular weight is 278 g/mol. The van der Waals surface area contributed by atoms with E-state index in [1.54, 1.807) is 0 Å². The van der Waals surface area contributed by atoms with Gasteiger partial charge in [-0.2, -0.15) is 0 Å². The number of hydrogen-bond donors (Lipinski definition) is 3. The molecule has 0 fully saturated rings. The van der Waals surface area contributed by atoms with Crippen LogP contribution < -0.4 is 10.6 Å². The number of amides is 1. The molecule has 0 aromatic heterocycles. The molecule has 3 N–H and O–H groups in total. The molecule has 0 spiro atoms. The van der Waals surface area contributed by atoms with Crippen molar-refractivity contribution in [2.45, 2.75) is 39.3 Å². The SMILES string of the molecule is CC(C)CCNC(=O)C(C)NCC(O)c1ccccc1. The van der Waals surface area contributed by atoms with E-state index in [0.717, 1.165) is 12.0 Å². The van der Waals surface area contributed by atoms with Gasteiger partial charge < -0.3 is 15.7 Å². The summed E-state index contributed by atoms with van der Waals surface area (Å²) in [6.45, 7) is 7.13. The van der Waals surface area contributed by atoms with E-state index in [0.29, 0.717) is 19.0 Å². The number of aliphatic hydroxyl groups excluding tert-OH is 1. The maximum atomic E-state index is 11.8. The van der Waals surface area contributed by atoms with E-state index in [-0.39, 0.29) is 11.9 Å². The average Bonchev–Trinajstić information content (AvgIpc) is 2.44. The molecule has 4 heteroatoms. The van der Waals surface area contributed by atoms with Crippen LogP contribution in [0.4, 0.5) is 0 Å². The molecule has 0 saturated carbocycles. The quantitative estimate of drug-likeness (QED) is 0.680. The minimum absolute atomic E-state index is 0.0223. The van der Waals surface area contributed by atoms with Crippen LogP contribution in [0.25, 0.3) is 0 Å². The Morgan fingerprint density at radius 3 is 2.45 bits per heavy atom. The van der Waals surface area contributed by atoms with E-state index in [9.17, 15) is 9.90 Å². The van der Waals surface area contributed by atoms with Crippen LogP contribution in [-0.4, -0.2) is 30.1 Å². The second kappa shape index (κ2) is 8.72. The Hall–Kier alpha value is -1.39. The van der Waals surface area contributed by atoms with Crippen molar-refractivity contribution in [3.63, 3.8) is 0 Å². The summed E-state index contributed by atoms with van der Waals surface area (Å²) in [5.74, 6) is 0.560. The molecular weight excluding hydrogens is 252 g/mol. The predicted molar refractivity (Wildman–Crippen MR) is 81.3 cm³/mol. The van der Waals surface area contributed by atoms with Crippen LogP contribution in [0.15, 0.2) is 30.3 Å². The van der Waals surface area contributed by atoms with Crippen LogP contribution in [0.1, 0.15) is 38.9 Å². The molecule has 0 aliphatic heterocycles. The van der Waals surface area contributed by atoms with Gasteiger partial charge in [0.1, 0.15) is 0 Å². The zero-order valence-corrected chi connectivity index (χ0v) is 12.6. The largest absolute Gasteiger partial charge is 0.387 e. The lowest BCUT2D eigenvalue weighted by molar-refractivity contribution is -0.122. The van der Waals surface area contributed by atoms with E-state index in [1.807, 2.05) is 37.3 Å². The molecule has 2 atom stereocenters. The Bertz CT molecular complexity index is 393. The molecule has 0 heterocycles. The van der Waals surface area contributed by atoms with Crippen LogP contribution in [-0.2, 0) is 4.79 Å². The van der Waals surface area contributed by atoms with Gasteiger partial charge in [0.15, 0.2) is 0 Å². The maximum absolute atomic E-state index is 11.8. The Morgan fingerprint density at radius 1 is 1.20 bits per heavy atom. The third-order valence-corrected chi connectivity index (χ3v) is 3.22. The van der Waals surface area contributed by atoms with Crippen LogP contribution in [0.3, 0.4) is 0 Å². The van der Waals surface area contributed by atoms with E-state index >= 15 is 0 Å². The second-order valence-corrected chi connectivity index (χ2v) is 5.53. The summed E-state index contributed by atoms with van der Waals surface area (Å²) >= 11 is 0. The van der Waals surface area contributed by atoms with Gasteiger partial charge in [0.25, 0.3) is 0 Å². The highest BCUT2D eigenvalue weighted by Gasteiger charge is 2.14. The molecular formula is C16H26N2O2. The van der Waals surface area contributed by atoms with Gasteiger partial charge in [0.05, 0.1) is 12.1 Å². The lowest BCUT2D eigenvalue weighted by Gasteiger charge is -2.17. The fraction of sp³-hybridized carbons (Fsp3) is 0.562. The van der Waals surface area contributed by atoms with Crippen LogP contribution in [0.5, 0.6) is 0 Å². The van der Waals surface area contributed by atoms with Gasteiger partial charge in [-0.05, 0) is 24.8 Å². The number of carbonyl (C=O) groups excluding carboxylic acids is 1. The standard InChI is InChI=1S/C16H26N2O2/c1-12(2)9-10-17-16(20)13(3)18-11-15(19)14-7-5-4-6-8-14/h4-8,12-13,15,18-19H,9-11H2,1-3H3,(H,17,20). The van der Waals surface area contributed by atoms with E-state index < -0.39 is 6.10 Å². The molecule has 0 saturated heterocycles. The van der Waals surface area contributed by atoms with Crippen molar-refractivity contribution in [3.05, 3.63) is 35.9 Å². The second-order valence-electron chi connectivity index (χ2n) is 5.53. The van der Waals surface area contributed by atoms with Crippen molar-refractivity contribution in [2.75, 3.05) is 13.1 Å². The lowest BCUT2D eigenvalue weighted by Crippen LogP contribution is -2.44. The van der Waals surface area contributed by atoms with E-state index in [2.05, 4.69) is 24.5 Å². The number of hydrogen-bond acceptors (Lipinski definition) is 3. The topological polar surface area (TPSA) is 61.4 Å². The van der Waals surface area contributed by atoms with Crippen molar-refractivity contribution >= 4 is 5.91 Å². The predicted octanol–water partition coefficient (Wildman–Crippen LogP) is 1.86. The minimum atomic E-state index is -0.595. The summed E-state index contributed by atoms with van der Waals surface area (Å²) in [5.41, 5.74) is 0.854. The molecule has 0 bridgehead atoms. The lowest BCUT2D eigenvalue weighted by atomic mass is 10.1. The Morgan fingerprint density at radius 2 is 1.85 bits per heavy atom. The van der Waals surface area contributed by atoms with Gasteiger partial charge >= 0.3 is 0 Å². The molecule has 1 rings (SSSR count). The van der Waals surface area contributed by atoms with E-state index in [4.69, 9.17) is 0 Å². The van der Waals surface area contributed by atoms with Gasteiger partial charge in [-0.25, -0.2) is 0 Å². The molecule has 0 radical (unpaired) electrons. The smallest absolute Gasteiger partial charge is 0.236 e. The molecule has 1 amide bonds. The third-order valence-electron chi connectivity index (χ3n) is 3.22.